The van der Waals surface area contributed by atoms with Crippen LogP contribution in [0.4, 0.5) is 20.7 Å². The first kappa shape index (κ1) is 30.9. The fourth-order valence-electron chi connectivity index (χ4n) is 6.24. The van der Waals surface area contributed by atoms with Gasteiger partial charge >= 0.3 is 6.09 Å². The maximum absolute atomic E-state index is 14.9. The molecular formula is C32H38Cl2FN5O4. The fraction of sp³-hybridized carbons (Fsp3) is 0.531. The Balaban J connectivity index is 1.25. The third-order valence-electron chi connectivity index (χ3n) is 8.46. The molecule has 2 aromatic carbocycles. The fourth-order valence-corrected chi connectivity index (χ4v) is 6.56. The molecule has 0 unspecified atom stereocenters. The average molecular weight is 647 g/mol. The third kappa shape index (κ3) is 6.77. The second-order valence-corrected chi connectivity index (χ2v) is 13.6. The van der Waals surface area contributed by atoms with E-state index in [1.54, 1.807) is 4.90 Å². The SMILES string of the molecule is CC(C)(C)OC(=O)N1C[C@H]2C[C@@H](C1)[C@H]2Oc1cc2c(Nc3ccc(Cl)c(Cl)c3F)ncnc2cc1OCCN1CCCCC1. The lowest BCUT2D eigenvalue weighted by Gasteiger charge is -2.52. The molecule has 0 radical (unpaired) electrons. The summed E-state index contributed by atoms with van der Waals surface area (Å²) in [5.74, 6) is 1.22. The topological polar surface area (TPSA) is 89.0 Å². The zero-order chi connectivity index (χ0) is 31.0. The van der Waals surface area contributed by atoms with E-state index < -0.39 is 11.4 Å². The first-order valence-electron chi connectivity index (χ1n) is 15.2. The number of benzene rings is 2. The summed E-state index contributed by atoms with van der Waals surface area (Å²) in [5.41, 5.74) is 0.210. The Morgan fingerprint density at radius 3 is 2.55 bits per heavy atom. The molecule has 1 aliphatic carbocycles. The van der Waals surface area contributed by atoms with Crippen molar-refractivity contribution in [1.82, 2.24) is 19.8 Å². The largest absolute Gasteiger partial charge is 0.488 e. The summed E-state index contributed by atoms with van der Waals surface area (Å²) < 4.78 is 33.5. The molecule has 0 spiro atoms. The van der Waals surface area contributed by atoms with Gasteiger partial charge in [-0.2, -0.15) is 0 Å². The van der Waals surface area contributed by atoms with Crippen molar-refractivity contribution in [1.29, 1.82) is 0 Å². The molecule has 236 valence electrons. The highest BCUT2D eigenvalue weighted by molar-refractivity contribution is 6.42. The molecule has 4 heterocycles. The van der Waals surface area contributed by atoms with E-state index in [2.05, 4.69) is 20.2 Å². The van der Waals surface area contributed by atoms with Crippen molar-refractivity contribution in [3.05, 3.63) is 46.5 Å². The van der Waals surface area contributed by atoms with E-state index in [-0.39, 0.29) is 39.8 Å². The van der Waals surface area contributed by atoms with Gasteiger partial charge in [0.25, 0.3) is 0 Å². The summed E-state index contributed by atoms with van der Waals surface area (Å²) in [6.07, 6.45) is 5.72. The van der Waals surface area contributed by atoms with Gasteiger partial charge in [-0.05, 0) is 71.3 Å². The Labute approximate surface area is 267 Å². The third-order valence-corrected chi connectivity index (χ3v) is 9.24. The molecule has 44 heavy (non-hydrogen) atoms. The van der Waals surface area contributed by atoms with Gasteiger partial charge in [0.1, 0.15) is 30.5 Å². The van der Waals surface area contributed by atoms with Gasteiger partial charge < -0.3 is 24.4 Å². The van der Waals surface area contributed by atoms with E-state index in [1.165, 1.54) is 37.7 Å². The standard InChI is InChI=1S/C32H38Cl2FN5O4/c1-32(2,3)44-31(41)40-16-19-13-20(17-40)29(19)43-26-14-21-24(15-25(26)42-12-11-39-9-5-4-6-10-39)36-18-37-30(21)38-23-8-7-22(33)27(34)28(23)35/h7-8,14-15,18-20,29H,4-6,9-13,16-17H2,1-3H3,(H,36,37,38)/t19-,20+,29+. The lowest BCUT2D eigenvalue weighted by Crippen LogP contribution is -2.62. The summed E-state index contributed by atoms with van der Waals surface area (Å²) in [6, 6.07) is 6.74. The Kier molecular flexibility index (Phi) is 8.95. The number of piperidine rings is 3. The van der Waals surface area contributed by atoms with Crippen molar-refractivity contribution < 1.29 is 23.4 Å². The molecule has 3 atom stereocenters. The molecule has 3 aliphatic heterocycles. The molecule has 12 heteroatoms. The van der Waals surface area contributed by atoms with Crippen molar-refractivity contribution in [2.45, 2.75) is 58.2 Å². The van der Waals surface area contributed by atoms with Gasteiger partial charge in [-0.15, -0.1) is 0 Å². The Morgan fingerprint density at radius 1 is 1.07 bits per heavy atom. The molecule has 2 bridgehead atoms. The predicted molar refractivity (Wildman–Crippen MR) is 169 cm³/mol. The highest BCUT2D eigenvalue weighted by Crippen LogP contribution is 2.45. The number of likely N-dealkylation sites (tertiary alicyclic amines) is 1. The van der Waals surface area contributed by atoms with E-state index in [0.29, 0.717) is 47.9 Å². The minimum Gasteiger partial charge on any atom is -0.488 e. The van der Waals surface area contributed by atoms with Crippen LogP contribution in [-0.2, 0) is 4.74 Å². The van der Waals surface area contributed by atoms with Crippen LogP contribution in [0, 0.1) is 17.7 Å². The number of halogens is 3. The van der Waals surface area contributed by atoms with Gasteiger partial charge in [-0.1, -0.05) is 29.6 Å². The lowest BCUT2D eigenvalue weighted by atomic mass is 9.68. The van der Waals surface area contributed by atoms with Gasteiger partial charge in [0.05, 0.1) is 21.2 Å². The highest BCUT2D eigenvalue weighted by Gasteiger charge is 2.50. The average Bonchev–Trinajstić information content (AvgIpc) is 3.00. The molecule has 1 N–H and O–H groups in total. The molecule has 1 saturated carbocycles. The summed E-state index contributed by atoms with van der Waals surface area (Å²) in [4.78, 5) is 25.8. The number of carbonyl (C=O) groups is 1. The van der Waals surface area contributed by atoms with E-state index in [1.807, 2.05) is 32.9 Å². The number of carbonyl (C=O) groups excluding carboxylic acids is 1. The van der Waals surface area contributed by atoms with E-state index in [4.69, 9.17) is 37.4 Å². The molecule has 7 rings (SSSR count). The Hall–Kier alpha value is -3.08. The monoisotopic (exact) mass is 645 g/mol. The number of fused-ring (bicyclic) bond motifs is 3. The molecule has 3 saturated heterocycles. The smallest absolute Gasteiger partial charge is 0.410 e. The van der Waals surface area contributed by atoms with Crippen molar-refractivity contribution >= 4 is 51.7 Å². The summed E-state index contributed by atoms with van der Waals surface area (Å²) in [6.45, 7) is 10.3. The molecular weight excluding hydrogens is 608 g/mol. The zero-order valence-electron chi connectivity index (χ0n) is 25.2. The highest BCUT2D eigenvalue weighted by atomic mass is 35.5. The van der Waals surface area contributed by atoms with Crippen LogP contribution in [0.25, 0.3) is 10.9 Å². The van der Waals surface area contributed by atoms with E-state index >= 15 is 0 Å². The van der Waals surface area contributed by atoms with Crippen LogP contribution in [0.3, 0.4) is 0 Å². The van der Waals surface area contributed by atoms with Gasteiger partial charge in [0.15, 0.2) is 17.3 Å². The number of hydrogen-bond acceptors (Lipinski definition) is 8. The number of aromatic nitrogens is 2. The normalized spacial score (nSPS) is 22.0. The number of rotatable bonds is 8. The Bertz CT molecular complexity index is 1520. The quantitative estimate of drug-likeness (QED) is 0.255. The first-order chi connectivity index (χ1) is 21.1. The summed E-state index contributed by atoms with van der Waals surface area (Å²) in [5, 5.41) is 3.64. The zero-order valence-corrected chi connectivity index (χ0v) is 26.8. The van der Waals surface area contributed by atoms with Crippen molar-refractivity contribution in [2.75, 3.05) is 44.6 Å². The number of nitrogens with one attached hydrogen (secondary N) is 1. The van der Waals surface area contributed by atoms with Crippen LogP contribution in [-0.4, -0.2) is 76.9 Å². The minimum absolute atomic E-state index is 0.0795. The molecule has 3 aromatic rings. The van der Waals surface area contributed by atoms with Crippen molar-refractivity contribution in [3.63, 3.8) is 0 Å². The maximum Gasteiger partial charge on any atom is 0.410 e. The molecule has 4 fully saturated rings. The number of amides is 1. The van der Waals surface area contributed by atoms with Crippen LogP contribution >= 0.6 is 23.2 Å². The molecule has 1 amide bonds. The molecule has 4 aliphatic rings. The maximum atomic E-state index is 14.9. The van der Waals surface area contributed by atoms with Crippen LogP contribution in [0.1, 0.15) is 46.5 Å². The number of anilines is 2. The van der Waals surface area contributed by atoms with Crippen molar-refractivity contribution in [2.24, 2.45) is 11.8 Å². The second-order valence-electron chi connectivity index (χ2n) is 12.9. The van der Waals surface area contributed by atoms with E-state index in [9.17, 15) is 9.18 Å². The molecule has 1 aromatic heterocycles. The summed E-state index contributed by atoms with van der Waals surface area (Å²) >= 11 is 12.0. The number of ether oxygens (including phenoxy) is 3. The van der Waals surface area contributed by atoms with Crippen LogP contribution in [0.2, 0.25) is 10.0 Å². The lowest BCUT2D eigenvalue weighted by molar-refractivity contribution is -0.0935. The van der Waals surface area contributed by atoms with Gasteiger partial charge in [-0.25, -0.2) is 19.2 Å². The van der Waals surface area contributed by atoms with Gasteiger partial charge in [0.2, 0.25) is 0 Å². The summed E-state index contributed by atoms with van der Waals surface area (Å²) in [7, 11) is 0. The van der Waals surface area contributed by atoms with Crippen molar-refractivity contribution in [3.8, 4) is 11.5 Å². The van der Waals surface area contributed by atoms with Crippen LogP contribution < -0.4 is 14.8 Å². The number of nitrogens with zero attached hydrogens (tertiary/aromatic N) is 4. The van der Waals surface area contributed by atoms with Gasteiger partial charge in [0, 0.05) is 42.9 Å². The van der Waals surface area contributed by atoms with E-state index in [0.717, 1.165) is 26.1 Å². The number of hydrogen-bond donors (Lipinski definition) is 1. The minimum atomic E-state index is -0.670. The van der Waals surface area contributed by atoms with Crippen LogP contribution in [0.5, 0.6) is 11.5 Å². The first-order valence-corrected chi connectivity index (χ1v) is 16.0. The molecule has 9 nitrogen and oxygen atoms in total. The Morgan fingerprint density at radius 2 is 1.82 bits per heavy atom. The van der Waals surface area contributed by atoms with Crippen LogP contribution in [0.15, 0.2) is 30.6 Å². The predicted octanol–water partition coefficient (Wildman–Crippen LogP) is 7.32. The second kappa shape index (κ2) is 12.7. The van der Waals surface area contributed by atoms with Gasteiger partial charge in [-0.3, -0.25) is 4.90 Å².